The number of fused-ring (bicyclic) bond motifs is 3. The molecule has 5 nitrogen and oxygen atoms in total. The lowest BCUT2D eigenvalue weighted by atomic mass is 9.89. The summed E-state index contributed by atoms with van der Waals surface area (Å²) in [4.78, 5) is 32.9. The van der Waals surface area contributed by atoms with Gasteiger partial charge in [-0.15, -0.1) is 11.3 Å². The van der Waals surface area contributed by atoms with Gasteiger partial charge in [-0.05, 0) is 56.7 Å². The zero-order valence-electron chi connectivity index (χ0n) is 16.1. The molecule has 0 saturated heterocycles. The van der Waals surface area contributed by atoms with Crippen molar-refractivity contribution in [2.24, 2.45) is 5.92 Å². The molecule has 1 N–H and O–H groups in total. The lowest BCUT2D eigenvalue weighted by molar-refractivity contribution is -0.118. The number of amides is 1. The van der Waals surface area contributed by atoms with Crippen LogP contribution in [-0.2, 0) is 17.6 Å². The molecule has 0 aliphatic heterocycles. The van der Waals surface area contributed by atoms with E-state index in [0.717, 1.165) is 29.7 Å². The Kier molecular flexibility index (Phi) is 5.02. The van der Waals surface area contributed by atoms with Crippen molar-refractivity contribution in [3.05, 3.63) is 55.9 Å². The zero-order chi connectivity index (χ0) is 20.0. The highest BCUT2D eigenvalue weighted by Gasteiger charge is 2.26. The highest BCUT2D eigenvalue weighted by molar-refractivity contribution is 7.18. The number of hydrogen-bond donors (Lipinski definition) is 1. The first-order valence-electron chi connectivity index (χ1n) is 9.45. The summed E-state index contributed by atoms with van der Waals surface area (Å²) in [5.74, 6) is 0.882. The molecule has 4 rings (SSSR count). The summed E-state index contributed by atoms with van der Waals surface area (Å²) in [6.45, 7) is 5.74. The normalized spacial score (nSPS) is 17.4. The predicted octanol–water partition coefficient (Wildman–Crippen LogP) is 4.74. The first-order valence-corrected chi connectivity index (χ1v) is 10.6. The molecule has 2 atom stereocenters. The second-order valence-electron chi connectivity index (χ2n) is 7.51. The number of aromatic nitrogens is 2. The van der Waals surface area contributed by atoms with E-state index in [0.29, 0.717) is 27.8 Å². The Morgan fingerprint density at radius 1 is 1.39 bits per heavy atom. The molecule has 2 aromatic heterocycles. The van der Waals surface area contributed by atoms with E-state index >= 15 is 0 Å². The monoisotopic (exact) mass is 415 g/mol. The van der Waals surface area contributed by atoms with E-state index < -0.39 is 6.04 Å². The van der Waals surface area contributed by atoms with Crippen LogP contribution in [0.15, 0.2) is 29.1 Å². The van der Waals surface area contributed by atoms with E-state index in [1.165, 1.54) is 9.44 Å². The fraction of sp³-hybridized carbons (Fsp3) is 0.381. The van der Waals surface area contributed by atoms with Crippen LogP contribution in [0.25, 0.3) is 10.2 Å². The minimum Gasteiger partial charge on any atom is -0.323 e. The zero-order valence-corrected chi connectivity index (χ0v) is 17.7. The van der Waals surface area contributed by atoms with Crippen LogP contribution in [0.4, 0.5) is 5.69 Å². The van der Waals surface area contributed by atoms with Crippen molar-refractivity contribution in [1.82, 2.24) is 9.55 Å². The second-order valence-corrected chi connectivity index (χ2v) is 9.00. The van der Waals surface area contributed by atoms with E-state index in [2.05, 4.69) is 17.2 Å². The Labute approximate surface area is 172 Å². The quantitative estimate of drug-likeness (QED) is 0.671. The Morgan fingerprint density at radius 2 is 2.14 bits per heavy atom. The number of carbonyl (C=O) groups excluding carboxylic acids is 1. The number of benzene rings is 1. The number of rotatable bonds is 3. The number of nitrogens with zero attached hydrogens (tertiary/aromatic N) is 2. The van der Waals surface area contributed by atoms with Crippen LogP contribution in [0, 0.1) is 12.8 Å². The topological polar surface area (TPSA) is 64.0 Å². The molecule has 2 heterocycles. The van der Waals surface area contributed by atoms with Gasteiger partial charge in [0, 0.05) is 4.88 Å². The van der Waals surface area contributed by atoms with Crippen LogP contribution in [-0.4, -0.2) is 15.5 Å². The summed E-state index contributed by atoms with van der Waals surface area (Å²) in [6.07, 6.45) is 2.97. The van der Waals surface area contributed by atoms with E-state index in [1.807, 2.05) is 0 Å². The molecular formula is C21H22ClN3O2S. The van der Waals surface area contributed by atoms with Gasteiger partial charge >= 0.3 is 0 Å². The van der Waals surface area contributed by atoms with Crippen molar-refractivity contribution >= 4 is 44.7 Å². The molecule has 0 fully saturated rings. The third kappa shape index (κ3) is 3.25. The molecule has 28 heavy (non-hydrogen) atoms. The van der Waals surface area contributed by atoms with Gasteiger partial charge in [0.2, 0.25) is 5.91 Å². The molecule has 1 amide bonds. The van der Waals surface area contributed by atoms with Gasteiger partial charge in [-0.1, -0.05) is 30.7 Å². The van der Waals surface area contributed by atoms with Crippen molar-refractivity contribution in [3.8, 4) is 0 Å². The van der Waals surface area contributed by atoms with Crippen LogP contribution in [0.1, 0.15) is 42.6 Å². The first-order chi connectivity index (χ1) is 13.4. The van der Waals surface area contributed by atoms with Crippen molar-refractivity contribution in [3.63, 3.8) is 0 Å². The standard InChI is InChI=1S/C21H22ClN3O2S/c1-11-8-9-14-17(10-11)28-20-18(14)21(27)25(13(3)23-20)12(2)19(26)24-16-7-5-4-6-15(16)22/h4-7,11-12H,8-10H2,1-3H3,(H,24,26). The third-order valence-corrected chi connectivity index (χ3v) is 6.91. The van der Waals surface area contributed by atoms with Gasteiger partial charge in [0.25, 0.3) is 5.56 Å². The maximum absolute atomic E-state index is 13.4. The average molecular weight is 416 g/mol. The Hall–Kier alpha value is -2.18. The maximum atomic E-state index is 13.4. The van der Waals surface area contributed by atoms with Crippen LogP contribution in [0.3, 0.4) is 0 Å². The van der Waals surface area contributed by atoms with Crippen molar-refractivity contribution in [2.75, 3.05) is 5.32 Å². The fourth-order valence-corrected chi connectivity index (χ4v) is 5.48. The van der Waals surface area contributed by atoms with Gasteiger partial charge < -0.3 is 5.32 Å². The number of halogens is 1. The van der Waals surface area contributed by atoms with Crippen molar-refractivity contribution in [1.29, 1.82) is 0 Å². The van der Waals surface area contributed by atoms with Gasteiger partial charge in [0.15, 0.2) is 0 Å². The Morgan fingerprint density at radius 3 is 2.89 bits per heavy atom. The number of para-hydroxylation sites is 1. The highest BCUT2D eigenvalue weighted by atomic mass is 35.5. The molecule has 2 unspecified atom stereocenters. The highest BCUT2D eigenvalue weighted by Crippen LogP contribution is 2.36. The molecule has 0 bridgehead atoms. The van der Waals surface area contributed by atoms with Gasteiger partial charge in [0.05, 0.1) is 16.1 Å². The summed E-state index contributed by atoms with van der Waals surface area (Å²) in [5, 5.41) is 3.97. The molecule has 1 aliphatic carbocycles. The molecule has 1 aliphatic rings. The molecule has 0 radical (unpaired) electrons. The number of nitrogens with one attached hydrogen (secondary N) is 1. The number of hydrogen-bond acceptors (Lipinski definition) is 4. The lowest BCUT2D eigenvalue weighted by Crippen LogP contribution is -2.34. The van der Waals surface area contributed by atoms with Gasteiger partial charge in [-0.25, -0.2) is 4.98 Å². The molecule has 3 aromatic rings. The lowest BCUT2D eigenvalue weighted by Gasteiger charge is -2.19. The van der Waals surface area contributed by atoms with Crippen molar-refractivity contribution in [2.45, 2.75) is 46.1 Å². The van der Waals surface area contributed by atoms with E-state index in [-0.39, 0.29) is 11.5 Å². The third-order valence-electron chi connectivity index (χ3n) is 5.44. The number of anilines is 1. The number of aryl methyl sites for hydroxylation is 2. The van der Waals surface area contributed by atoms with Gasteiger partial charge in [-0.3, -0.25) is 14.2 Å². The molecule has 0 spiro atoms. The van der Waals surface area contributed by atoms with Gasteiger partial charge in [-0.2, -0.15) is 0 Å². The summed E-state index contributed by atoms with van der Waals surface area (Å²) in [7, 11) is 0. The maximum Gasteiger partial charge on any atom is 0.263 e. The summed E-state index contributed by atoms with van der Waals surface area (Å²) >= 11 is 7.76. The largest absolute Gasteiger partial charge is 0.323 e. The SMILES string of the molecule is Cc1nc2sc3c(c2c(=O)n1C(C)C(=O)Nc1ccccc1Cl)CCC(C)C3. The first kappa shape index (κ1) is 19.2. The summed E-state index contributed by atoms with van der Waals surface area (Å²) in [5.41, 5.74) is 1.53. The molecule has 1 aromatic carbocycles. The second kappa shape index (κ2) is 7.33. The Bertz CT molecular complexity index is 1130. The van der Waals surface area contributed by atoms with E-state index in [9.17, 15) is 9.59 Å². The average Bonchev–Trinajstić information content (AvgIpc) is 3.00. The minimum absolute atomic E-state index is 0.128. The van der Waals surface area contributed by atoms with Crippen molar-refractivity contribution < 1.29 is 4.79 Å². The molecule has 0 saturated carbocycles. The van der Waals surface area contributed by atoms with E-state index in [4.69, 9.17) is 11.6 Å². The smallest absolute Gasteiger partial charge is 0.263 e. The Balaban J connectivity index is 1.75. The summed E-state index contributed by atoms with van der Waals surface area (Å²) < 4.78 is 1.50. The number of thiophene rings is 1. The molecular weight excluding hydrogens is 394 g/mol. The fourth-order valence-electron chi connectivity index (χ4n) is 3.88. The molecule has 146 valence electrons. The van der Waals surface area contributed by atoms with E-state index in [1.54, 1.807) is 49.4 Å². The minimum atomic E-state index is -0.696. The van der Waals surface area contributed by atoms with Crippen LogP contribution >= 0.6 is 22.9 Å². The van der Waals surface area contributed by atoms with Crippen LogP contribution in [0.5, 0.6) is 0 Å². The number of carbonyl (C=O) groups is 1. The molecule has 7 heteroatoms. The van der Waals surface area contributed by atoms with Crippen LogP contribution in [0.2, 0.25) is 5.02 Å². The van der Waals surface area contributed by atoms with Crippen LogP contribution < -0.4 is 10.9 Å². The predicted molar refractivity (Wildman–Crippen MR) is 115 cm³/mol. The van der Waals surface area contributed by atoms with Gasteiger partial charge in [0.1, 0.15) is 16.7 Å². The summed E-state index contributed by atoms with van der Waals surface area (Å²) in [6, 6.07) is 6.36.